The first-order chi connectivity index (χ1) is 13.5. The van der Waals surface area contributed by atoms with Gasteiger partial charge in [-0.2, -0.15) is 5.11 Å². The fourth-order valence-electron chi connectivity index (χ4n) is 2.73. The smallest absolute Gasteiger partial charge is 0.344 e. The van der Waals surface area contributed by atoms with Crippen LogP contribution in [0.5, 0.6) is 11.5 Å². The number of nitrogens with zero attached hydrogens (tertiary/aromatic N) is 2. The van der Waals surface area contributed by atoms with Crippen LogP contribution in [0.1, 0.15) is 12.5 Å². The largest absolute Gasteiger partial charge is 0.507 e. The van der Waals surface area contributed by atoms with Crippen LogP contribution in [-0.4, -0.2) is 24.3 Å². The summed E-state index contributed by atoms with van der Waals surface area (Å²) in [6.45, 7) is 3.43. The lowest BCUT2D eigenvalue weighted by molar-refractivity contribution is -0.145. The summed E-state index contributed by atoms with van der Waals surface area (Å²) in [6, 6.07) is 14.9. The van der Waals surface area contributed by atoms with Crippen molar-refractivity contribution < 1.29 is 19.4 Å². The monoisotopic (exact) mass is 490 g/mol. The standard InChI is InChI=1S/C21H19IN2O4/c1-3-27-18(25)12-28-21-13(2)20(26)17-7-5-4-6-16(17)19(21)24-23-15-10-8-14(22)9-11-15/h4-11,26H,3,12H2,1-2H3. The maximum absolute atomic E-state index is 11.7. The summed E-state index contributed by atoms with van der Waals surface area (Å²) in [5, 5.41) is 20.6. The molecular weight excluding hydrogens is 471 g/mol. The van der Waals surface area contributed by atoms with E-state index in [0.717, 1.165) is 3.57 Å². The Bertz CT molecular complexity index is 1030. The SMILES string of the molecule is CCOC(=O)COc1c(C)c(O)c2ccccc2c1N=Nc1ccc(I)cc1. The summed E-state index contributed by atoms with van der Waals surface area (Å²) >= 11 is 2.22. The number of carbonyl (C=O) groups is 1. The molecule has 1 N–H and O–H groups in total. The fraction of sp³-hybridized carbons (Fsp3) is 0.190. The summed E-state index contributed by atoms with van der Waals surface area (Å²) in [7, 11) is 0. The van der Waals surface area contributed by atoms with Gasteiger partial charge in [-0.05, 0) is 60.7 Å². The van der Waals surface area contributed by atoms with Crippen molar-refractivity contribution in [2.45, 2.75) is 13.8 Å². The molecule has 0 heterocycles. The first kappa shape index (κ1) is 20.1. The van der Waals surface area contributed by atoms with E-state index in [0.29, 0.717) is 33.5 Å². The molecule has 0 spiro atoms. The van der Waals surface area contributed by atoms with E-state index in [1.165, 1.54) is 0 Å². The van der Waals surface area contributed by atoms with Gasteiger partial charge in [-0.25, -0.2) is 4.79 Å². The molecule has 7 heteroatoms. The number of hydrogen-bond donors (Lipinski definition) is 1. The third-order valence-electron chi connectivity index (χ3n) is 4.08. The van der Waals surface area contributed by atoms with Crippen molar-refractivity contribution in [2.75, 3.05) is 13.2 Å². The molecule has 0 amide bonds. The van der Waals surface area contributed by atoms with E-state index >= 15 is 0 Å². The topological polar surface area (TPSA) is 80.5 Å². The van der Waals surface area contributed by atoms with Gasteiger partial charge in [-0.15, -0.1) is 5.11 Å². The van der Waals surface area contributed by atoms with Crippen molar-refractivity contribution in [3.63, 3.8) is 0 Å². The van der Waals surface area contributed by atoms with Crippen molar-refractivity contribution in [2.24, 2.45) is 10.2 Å². The number of halogens is 1. The number of azo groups is 1. The lowest BCUT2D eigenvalue weighted by Crippen LogP contribution is -2.15. The fourth-order valence-corrected chi connectivity index (χ4v) is 3.09. The Morgan fingerprint density at radius 3 is 2.43 bits per heavy atom. The number of carbonyl (C=O) groups excluding carboxylic acids is 1. The predicted molar refractivity (Wildman–Crippen MR) is 116 cm³/mol. The highest BCUT2D eigenvalue weighted by molar-refractivity contribution is 14.1. The van der Waals surface area contributed by atoms with Gasteiger partial charge in [0.25, 0.3) is 0 Å². The average molecular weight is 490 g/mol. The van der Waals surface area contributed by atoms with E-state index in [1.807, 2.05) is 42.5 Å². The Balaban J connectivity index is 2.08. The quantitative estimate of drug-likeness (QED) is 0.269. The van der Waals surface area contributed by atoms with Crippen molar-refractivity contribution >= 4 is 50.7 Å². The van der Waals surface area contributed by atoms with E-state index in [2.05, 4.69) is 32.8 Å². The summed E-state index contributed by atoms with van der Waals surface area (Å²) < 4.78 is 11.7. The molecule has 0 aliphatic heterocycles. The normalized spacial score (nSPS) is 11.1. The van der Waals surface area contributed by atoms with E-state index < -0.39 is 5.97 Å². The highest BCUT2D eigenvalue weighted by Crippen LogP contribution is 2.45. The van der Waals surface area contributed by atoms with Crippen LogP contribution in [0.4, 0.5) is 11.4 Å². The average Bonchev–Trinajstić information content (AvgIpc) is 2.70. The highest BCUT2D eigenvalue weighted by atomic mass is 127. The first-order valence-corrected chi connectivity index (χ1v) is 9.79. The van der Waals surface area contributed by atoms with Gasteiger partial charge in [0.15, 0.2) is 12.4 Å². The van der Waals surface area contributed by atoms with Gasteiger partial charge in [0.05, 0.1) is 12.3 Å². The summed E-state index contributed by atoms with van der Waals surface area (Å²) in [5.41, 5.74) is 1.62. The predicted octanol–water partition coefficient (Wildman–Crippen LogP) is 5.82. The van der Waals surface area contributed by atoms with Gasteiger partial charge < -0.3 is 14.6 Å². The van der Waals surface area contributed by atoms with E-state index in [-0.39, 0.29) is 19.0 Å². The second-order valence-corrected chi connectivity index (χ2v) is 7.21. The molecule has 0 aliphatic rings. The van der Waals surface area contributed by atoms with Crippen LogP contribution >= 0.6 is 22.6 Å². The first-order valence-electron chi connectivity index (χ1n) is 8.71. The Labute approximate surface area is 176 Å². The second kappa shape index (κ2) is 9.01. The summed E-state index contributed by atoms with van der Waals surface area (Å²) in [5.74, 6) is -0.101. The summed E-state index contributed by atoms with van der Waals surface area (Å²) in [4.78, 5) is 11.7. The van der Waals surface area contributed by atoms with Crippen LogP contribution in [0, 0.1) is 10.5 Å². The van der Waals surface area contributed by atoms with Crippen LogP contribution in [-0.2, 0) is 9.53 Å². The van der Waals surface area contributed by atoms with Gasteiger partial charge in [0.2, 0.25) is 0 Å². The minimum Gasteiger partial charge on any atom is -0.507 e. The molecule has 3 aromatic carbocycles. The van der Waals surface area contributed by atoms with Gasteiger partial charge in [0.1, 0.15) is 11.4 Å². The zero-order valence-corrected chi connectivity index (χ0v) is 17.6. The molecule has 0 fully saturated rings. The number of phenolic OH excluding ortho intramolecular Hbond substituents is 1. The minimum absolute atomic E-state index is 0.0858. The van der Waals surface area contributed by atoms with Crippen molar-refractivity contribution in [3.05, 3.63) is 57.7 Å². The molecule has 3 rings (SSSR count). The number of phenols is 1. The third kappa shape index (κ3) is 4.41. The van der Waals surface area contributed by atoms with Crippen molar-refractivity contribution in [3.8, 4) is 11.5 Å². The maximum Gasteiger partial charge on any atom is 0.344 e. The molecule has 3 aromatic rings. The molecule has 28 heavy (non-hydrogen) atoms. The highest BCUT2D eigenvalue weighted by Gasteiger charge is 2.19. The van der Waals surface area contributed by atoms with Gasteiger partial charge in [0, 0.05) is 19.9 Å². The Morgan fingerprint density at radius 1 is 1.07 bits per heavy atom. The number of rotatable bonds is 6. The van der Waals surface area contributed by atoms with Crippen LogP contribution in [0.3, 0.4) is 0 Å². The molecule has 0 radical (unpaired) electrons. The van der Waals surface area contributed by atoms with Crippen molar-refractivity contribution in [1.29, 1.82) is 0 Å². The molecular formula is C21H19IN2O4. The maximum atomic E-state index is 11.7. The Kier molecular flexibility index (Phi) is 6.45. The third-order valence-corrected chi connectivity index (χ3v) is 4.80. The molecule has 6 nitrogen and oxygen atoms in total. The number of fused-ring (bicyclic) bond motifs is 1. The molecule has 0 atom stereocenters. The zero-order chi connectivity index (χ0) is 20.1. The molecule has 0 saturated heterocycles. The van der Waals surface area contributed by atoms with Gasteiger partial charge in [-0.1, -0.05) is 24.3 Å². The summed E-state index contributed by atoms with van der Waals surface area (Å²) in [6.07, 6.45) is 0. The number of aromatic hydroxyl groups is 1. The lowest BCUT2D eigenvalue weighted by atomic mass is 10.0. The van der Waals surface area contributed by atoms with Crippen LogP contribution in [0.2, 0.25) is 0 Å². The minimum atomic E-state index is -0.491. The molecule has 0 bridgehead atoms. The van der Waals surface area contributed by atoms with E-state index in [4.69, 9.17) is 9.47 Å². The van der Waals surface area contributed by atoms with Crippen LogP contribution in [0.25, 0.3) is 10.8 Å². The van der Waals surface area contributed by atoms with Crippen LogP contribution in [0.15, 0.2) is 58.8 Å². The molecule has 0 aromatic heterocycles. The van der Waals surface area contributed by atoms with Crippen LogP contribution < -0.4 is 4.74 Å². The van der Waals surface area contributed by atoms with Crippen molar-refractivity contribution in [1.82, 2.24) is 0 Å². The zero-order valence-electron chi connectivity index (χ0n) is 15.5. The molecule has 0 saturated carbocycles. The Hall–Kier alpha value is -2.68. The lowest BCUT2D eigenvalue weighted by Gasteiger charge is -2.15. The number of hydrogen-bond acceptors (Lipinski definition) is 6. The molecule has 0 unspecified atom stereocenters. The van der Waals surface area contributed by atoms with Gasteiger partial charge >= 0.3 is 5.97 Å². The second-order valence-electron chi connectivity index (χ2n) is 5.97. The van der Waals surface area contributed by atoms with Gasteiger partial charge in [-0.3, -0.25) is 0 Å². The molecule has 144 valence electrons. The van der Waals surface area contributed by atoms with E-state index in [9.17, 15) is 9.90 Å². The number of ether oxygens (including phenoxy) is 2. The Morgan fingerprint density at radius 2 is 1.75 bits per heavy atom. The number of esters is 1. The van der Waals surface area contributed by atoms with E-state index in [1.54, 1.807) is 19.9 Å². The molecule has 0 aliphatic carbocycles. The number of benzene rings is 3.